The summed E-state index contributed by atoms with van der Waals surface area (Å²) in [6.07, 6.45) is 2.38. The van der Waals surface area contributed by atoms with Gasteiger partial charge in [0, 0.05) is 5.41 Å². The molecule has 0 heterocycles. The molecule has 0 aliphatic heterocycles. The molecular formula is C17H28O6S2. The van der Waals surface area contributed by atoms with E-state index in [2.05, 4.69) is 6.07 Å². The molecule has 0 unspecified atom stereocenters. The van der Waals surface area contributed by atoms with Gasteiger partial charge in [-0.2, -0.15) is 16.8 Å². The first-order valence-electron chi connectivity index (χ1n) is 7.89. The van der Waals surface area contributed by atoms with Crippen LogP contribution in [0, 0.1) is 33.1 Å². The minimum Gasteiger partial charge on any atom is -0.270 e. The number of rotatable bonds is 8. The van der Waals surface area contributed by atoms with Crippen LogP contribution in [0.3, 0.4) is 0 Å². The summed E-state index contributed by atoms with van der Waals surface area (Å²) in [4.78, 5) is 0. The molecular weight excluding hydrogens is 364 g/mol. The van der Waals surface area contributed by atoms with Crippen LogP contribution in [0.4, 0.5) is 0 Å². The van der Waals surface area contributed by atoms with E-state index < -0.39 is 25.7 Å². The van der Waals surface area contributed by atoms with Gasteiger partial charge in [-0.1, -0.05) is 13.0 Å². The molecule has 0 bridgehead atoms. The van der Waals surface area contributed by atoms with Crippen molar-refractivity contribution in [3.05, 3.63) is 33.9 Å². The third-order valence-electron chi connectivity index (χ3n) is 4.37. The SMILES string of the molecule is Cc1cc(C)c(C)c(CC(C)(COS(C)(=O)=O)COS(C)(=O)=O)c1C. The molecule has 8 heteroatoms. The summed E-state index contributed by atoms with van der Waals surface area (Å²) in [6, 6.07) is 2.10. The third kappa shape index (κ3) is 7.05. The molecule has 0 amide bonds. The predicted molar refractivity (Wildman–Crippen MR) is 98.8 cm³/mol. The Morgan fingerprint density at radius 3 is 1.52 bits per heavy atom. The highest BCUT2D eigenvalue weighted by Crippen LogP contribution is 2.31. The second-order valence-electron chi connectivity index (χ2n) is 7.16. The molecule has 0 saturated carbocycles. The van der Waals surface area contributed by atoms with Crippen LogP contribution in [0.1, 0.15) is 34.7 Å². The summed E-state index contributed by atoms with van der Waals surface area (Å²) in [5.41, 5.74) is 4.72. The summed E-state index contributed by atoms with van der Waals surface area (Å²) >= 11 is 0. The second kappa shape index (κ2) is 7.73. The molecule has 0 radical (unpaired) electrons. The summed E-state index contributed by atoms with van der Waals surface area (Å²) in [5, 5.41) is 0. The van der Waals surface area contributed by atoms with E-state index in [0.717, 1.165) is 40.3 Å². The highest BCUT2D eigenvalue weighted by atomic mass is 32.2. The fraction of sp³-hybridized carbons (Fsp3) is 0.647. The van der Waals surface area contributed by atoms with Gasteiger partial charge in [-0.15, -0.1) is 0 Å². The summed E-state index contributed by atoms with van der Waals surface area (Å²) < 4.78 is 55.5. The smallest absolute Gasteiger partial charge is 0.264 e. The predicted octanol–water partition coefficient (Wildman–Crippen LogP) is 2.42. The zero-order valence-electron chi connectivity index (χ0n) is 16.0. The summed E-state index contributed by atoms with van der Waals surface area (Å²) in [6.45, 7) is 9.49. The molecule has 1 rings (SSSR count). The van der Waals surface area contributed by atoms with Gasteiger partial charge in [0.15, 0.2) is 0 Å². The van der Waals surface area contributed by atoms with Crippen LogP contribution in [0.2, 0.25) is 0 Å². The molecule has 25 heavy (non-hydrogen) atoms. The van der Waals surface area contributed by atoms with Crippen LogP contribution in [0.15, 0.2) is 6.07 Å². The molecule has 0 saturated heterocycles. The first kappa shape index (κ1) is 22.1. The fourth-order valence-electron chi connectivity index (χ4n) is 2.63. The van der Waals surface area contributed by atoms with Crippen LogP contribution < -0.4 is 0 Å². The Bertz CT molecular complexity index is 776. The number of hydrogen-bond acceptors (Lipinski definition) is 6. The lowest BCUT2D eigenvalue weighted by Gasteiger charge is -2.30. The molecule has 0 N–H and O–H groups in total. The van der Waals surface area contributed by atoms with Crippen molar-refractivity contribution in [2.24, 2.45) is 5.41 Å². The highest BCUT2D eigenvalue weighted by Gasteiger charge is 2.31. The van der Waals surface area contributed by atoms with Crippen LogP contribution in [-0.4, -0.2) is 42.6 Å². The van der Waals surface area contributed by atoms with Crippen LogP contribution in [0.5, 0.6) is 0 Å². The topological polar surface area (TPSA) is 86.7 Å². The third-order valence-corrected chi connectivity index (χ3v) is 5.46. The lowest BCUT2D eigenvalue weighted by Crippen LogP contribution is -2.34. The average molecular weight is 393 g/mol. The summed E-state index contributed by atoms with van der Waals surface area (Å²) in [5.74, 6) is 0. The Morgan fingerprint density at radius 2 is 1.20 bits per heavy atom. The van der Waals surface area contributed by atoms with Crippen molar-refractivity contribution in [3.63, 3.8) is 0 Å². The maximum Gasteiger partial charge on any atom is 0.264 e. The molecule has 0 aliphatic carbocycles. The molecule has 0 spiro atoms. The molecule has 0 atom stereocenters. The molecule has 1 aromatic rings. The largest absolute Gasteiger partial charge is 0.270 e. The maximum atomic E-state index is 11.4. The molecule has 144 valence electrons. The van der Waals surface area contributed by atoms with Crippen molar-refractivity contribution in [3.8, 4) is 0 Å². The number of hydrogen-bond donors (Lipinski definition) is 0. The Kier molecular flexibility index (Phi) is 6.83. The quantitative estimate of drug-likeness (QED) is 0.632. The maximum absolute atomic E-state index is 11.4. The van der Waals surface area contributed by atoms with Gasteiger partial charge in [-0.3, -0.25) is 8.37 Å². The standard InChI is InChI=1S/C17H28O6S2/c1-12-8-13(2)15(4)16(14(12)3)9-17(5,10-22-24(6,18)19)11-23-25(7,20)21/h8H,9-11H2,1-7H3. The number of aryl methyl sites for hydroxylation is 2. The molecule has 6 nitrogen and oxygen atoms in total. The lowest BCUT2D eigenvalue weighted by molar-refractivity contribution is 0.102. The van der Waals surface area contributed by atoms with E-state index >= 15 is 0 Å². The Hall–Kier alpha value is -0.960. The Balaban J connectivity index is 3.25. The van der Waals surface area contributed by atoms with Crippen molar-refractivity contribution < 1.29 is 25.2 Å². The van der Waals surface area contributed by atoms with Gasteiger partial charge in [0.2, 0.25) is 0 Å². The normalized spacial score (nSPS) is 13.2. The zero-order chi connectivity index (χ0) is 19.6. The van der Waals surface area contributed by atoms with E-state index in [1.807, 2.05) is 27.7 Å². The van der Waals surface area contributed by atoms with E-state index in [0.29, 0.717) is 6.42 Å². The van der Waals surface area contributed by atoms with Gasteiger partial charge in [0.25, 0.3) is 20.2 Å². The van der Waals surface area contributed by atoms with Gasteiger partial charge in [-0.25, -0.2) is 0 Å². The van der Waals surface area contributed by atoms with Crippen molar-refractivity contribution in [2.75, 3.05) is 25.7 Å². The fourth-order valence-corrected chi connectivity index (χ4v) is 3.63. The monoisotopic (exact) mass is 392 g/mol. The minimum absolute atomic E-state index is 0.160. The van der Waals surface area contributed by atoms with Gasteiger partial charge in [0.05, 0.1) is 25.7 Å². The molecule has 0 aromatic heterocycles. The zero-order valence-corrected chi connectivity index (χ0v) is 17.6. The molecule has 0 aliphatic rings. The molecule has 1 aromatic carbocycles. The van der Waals surface area contributed by atoms with E-state index in [9.17, 15) is 16.8 Å². The van der Waals surface area contributed by atoms with E-state index in [1.54, 1.807) is 6.92 Å². The summed E-state index contributed by atoms with van der Waals surface area (Å²) in [7, 11) is -7.29. The van der Waals surface area contributed by atoms with Crippen molar-refractivity contribution >= 4 is 20.2 Å². The van der Waals surface area contributed by atoms with E-state index in [1.165, 1.54) is 0 Å². The average Bonchev–Trinajstić information content (AvgIpc) is 2.45. The minimum atomic E-state index is -3.64. The van der Waals surface area contributed by atoms with Crippen molar-refractivity contribution in [1.29, 1.82) is 0 Å². The highest BCUT2D eigenvalue weighted by molar-refractivity contribution is 7.86. The van der Waals surface area contributed by atoms with Crippen molar-refractivity contribution in [2.45, 2.75) is 41.0 Å². The van der Waals surface area contributed by atoms with Gasteiger partial charge in [0.1, 0.15) is 0 Å². The van der Waals surface area contributed by atoms with Crippen LogP contribution >= 0.6 is 0 Å². The molecule has 0 fully saturated rings. The number of benzene rings is 1. The van der Waals surface area contributed by atoms with Gasteiger partial charge >= 0.3 is 0 Å². The van der Waals surface area contributed by atoms with Crippen molar-refractivity contribution in [1.82, 2.24) is 0 Å². The van der Waals surface area contributed by atoms with E-state index in [-0.39, 0.29) is 13.2 Å². The lowest BCUT2D eigenvalue weighted by atomic mass is 9.80. The Morgan fingerprint density at radius 1 is 0.840 bits per heavy atom. The van der Waals surface area contributed by atoms with Gasteiger partial charge < -0.3 is 0 Å². The second-order valence-corrected chi connectivity index (χ2v) is 10.4. The van der Waals surface area contributed by atoms with Crippen LogP contribution in [0.25, 0.3) is 0 Å². The van der Waals surface area contributed by atoms with E-state index in [4.69, 9.17) is 8.37 Å². The Labute approximate surface area is 151 Å². The van der Waals surface area contributed by atoms with Gasteiger partial charge in [-0.05, 0) is 61.9 Å². The van der Waals surface area contributed by atoms with Crippen LogP contribution in [-0.2, 0) is 35.0 Å². The first-order chi connectivity index (χ1) is 11.1. The first-order valence-corrected chi connectivity index (χ1v) is 11.5.